The van der Waals surface area contributed by atoms with Crippen LogP contribution in [0.25, 0.3) is 0 Å². The van der Waals surface area contributed by atoms with Crippen LogP contribution in [-0.2, 0) is 23.9 Å². The fourth-order valence-corrected chi connectivity index (χ4v) is 3.25. The second-order valence-electron chi connectivity index (χ2n) is 7.10. The summed E-state index contributed by atoms with van der Waals surface area (Å²) in [7, 11) is 1.40. The number of fused-ring (bicyclic) bond motifs is 2. The molecule has 0 amide bonds. The maximum atomic E-state index is 12.4. The number of esters is 1. The highest BCUT2D eigenvalue weighted by Crippen LogP contribution is 2.29. The van der Waals surface area contributed by atoms with Crippen LogP contribution < -0.4 is 0 Å². The molecule has 1 aliphatic heterocycles. The van der Waals surface area contributed by atoms with Gasteiger partial charge in [0.25, 0.3) is 0 Å². The molecular formula is C20H26O6. The van der Waals surface area contributed by atoms with Crippen LogP contribution in [0.3, 0.4) is 0 Å². The van der Waals surface area contributed by atoms with Gasteiger partial charge in [0.1, 0.15) is 24.1 Å². The Hall–Kier alpha value is -2.05. The number of hydrogen-bond donors (Lipinski definition) is 1. The third-order valence-electron chi connectivity index (χ3n) is 4.88. The molecule has 1 heterocycles. The fraction of sp³-hybridized carbons (Fsp3) is 0.550. The summed E-state index contributed by atoms with van der Waals surface area (Å²) in [6, 6.07) is 0. The van der Waals surface area contributed by atoms with Crippen molar-refractivity contribution in [3.63, 3.8) is 0 Å². The van der Waals surface area contributed by atoms with Crippen LogP contribution in [0.2, 0.25) is 0 Å². The second-order valence-corrected chi connectivity index (χ2v) is 7.10. The Balaban J connectivity index is 2.37. The minimum Gasteiger partial charge on any atom is -0.455 e. The van der Waals surface area contributed by atoms with Crippen LogP contribution in [0.5, 0.6) is 0 Å². The average Bonchev–Trinajstić information content (AvgIpc) is 2.81. The molecule has 26 heavy (non-hydrogen) atoms. The van der Waals surface area contributed by atoms with Gasteiger partial charge in [-0.1, -0.05) is 23.8 Å². The van der Waals surface area contributed by atoms with Crippen LogP contribution in [0.15, 0.2) is 35.5 Å². The Bertz CT molecular complexity index is 672. The Morgan fingerprint density at radius 1 is 1.27 bits per heavy atom. The molecule has 4 atom stereocenters. The first-order valence-corrected chi connectivity index (χ1v) is 8.73. The number of aliphatic hydroxyl groups is 1. The first kappa shape index (κ1) is 20.3. The summed E-state index contributed by atoms with van der Waals surface area (Å²) in [6.07, 6.45) is 1.27. The number of carbonyl (C=O) groups is 3. The molecule has 1 N–H and O–H groups in total. The Morgan fingerprint density at radius 2 is 1.96 bits per heavy atom. The number of methoxy groups -OCH3 is 1. The van der Waals surface area contributed by atoms with E-state index < -0.39 is 24.3 Å². The van der Waals surface area contributed by atoms with E-state index in [1.807, 2.05) is 6.92 Å². The summed E-state index contributed by atoms with van der Waals surface area (Å²) in [4.78, 5) is 36.8. The van der Waals surface area contributed by atoms with E-state index in [0.717, 1.165) is 5.57 Å². The summed E-state index contributed by atoms with van der Waals surface area (Å²) in [5.41, 5.74) is 1.66. The van der Waals surface area contributed by atoms with Gasteiger partial charge in [-0.05, 0) is 32.3 Å². The van der Waals surface area contributed by atoms with E-state index in [4.69, 9.17) is 9.47 Å². The van der Waals surface area contributed by atoms with Gasteiger partial charge >= 0.3 is 5.97 Å². The molecule has 0 spiro atoms. The van der Waals surface area contributed by atoms with Crippen molar-refractivity contribution in [1.29, 1.82) is 0 Å². The van der Waals surface area contributed by atoms with Crippen LogP contribution in [0.4, 0.5) is 0 Å². The van der Waals surface area contributed by atoms with E-state index in [1.165, 1.54) is 13.2 Å². The van der Waals surface area contributed by atoms with Crippen molar-refractivity contribution >= 4 is 17.5 Å². The first-order chi connectivity index (χ1) is 12.2. The standard InChI is InChI=1S/C20H26O6/c1-11(2)13-5-6-15-19(23)18(26-20(15)24)8-12(3)7-16(22)17(25-4)10-14(21)9-13/h6-7,13,17-19,23H,1,5,8-10H2,2-4H3/b12-7+,15-6?/t13-,17+,18+,19-/m0/s1. The van der Waals surface area contributed by atoms with Gasteiger partial charge in [0.15, 0.2) is 5.78 Å². The molecule has 6 heteroatoms. The lowest BCUT2D eigenvalue weighted by atomic mass is 9.88. The van der Waals surface area contributed by atoms with Gasteiger partial charge in [-0.25, -0.2) is 4.79 Å². The molecular weight excluding hydrogens is 336 g/mol. The molecule has 142 valence electrons. The molecule has 6 nitrogen and oxygen atoms in total. The van der Waals surface area contributed by atoms with Crippen molar-refractivity contribution < 1.29 is 29.0 Å². The molecule has 0 aromatic rings. The Labute approximate surface area is 153 Å². The van der Waals surface area contributed by atoms with Crippen molar-refractivity contribution in [1.82, 2.24) is 0 Å². The van der Waals surface area contributed by atoms with Crippen molar-refractivity contribution in [2.45, 2.75) is 57.8 Å². The van der Waals surface area contributed by atoms with Crippen LogP contribution in [0.1, 0.15) is 39.5 Å². The smallest absolute Gasteiger partial charge is 0.336 e. The predicted molar refractivity (Wildman–Crippen MR) is 95.3 cm³/mol. The number of hydrogen-bond acceptors (Lipinski definition) is 6. The summed E-state index contributed by atoms with van der Waals surface area (Å²) in [6.45, 7) is 7.45. The van der Waals surface area contributed by atoms with Crippen LogP contribution in [-0.4, -0.2) is 48.1 Å². The second kappa shape index (κ2) is 8.56. The Kier molecular flexibility index (Phi) is 6.67. The van der Waals surface area contributed by atoms with Crippen LogP contribution >= 0.6 is 0 Å². The van der Waals surface area contributed by atoms with Gasteiger partial charge in [-0.2, -0.15) is 0 Å². The minimum absolute atomic E-state index is 0.000941. The average molecular weight is 362 g/mol. The van der Waals surface area contributed by atoms with Crippen molar-refractivity contribution in [3.05, 3.63) is 35.5 Å². The predicted octanol–water partition coefficient (Wildman–Crippen LogP) is 2.06. The van der Waals surface area contributed by atoms with Gasteiger partial charge in [-0.15, -0.1) is 0 Å². The summed E-state index contributed by atoms with van der Waals surface area (Å²) in [5, 5.41) is 10.4. The van der Waals surface area contributed by atoms with Crippen molar-refractivity contribution in [2.75, 3.05) is 7.11 Å². The Morgan fingerprint density at radius 3 is 2.58 bits per heavy atom. The van der Waals surface area contributed by atoms with E-state index in [0.29, 0.717) is 12.0 Å². The molecule has 0 aromatic heterocycles. The minimum atomic E-state index is -1.05. The first-order valence-electron chi connectivity index (χ1n) is 8.73. The molecule has 2 aliphatic rings. The van der Waals surface area contributed by atoms with Crippen molar-refractivity contribution in [2.24, 2.45) is 5.92 Å². The highest BCUT2D eigenvalue weighted by Gasteiger charge is 2.38. The van der Waals surface area contributed by atoms with Crippen molar-refractivity contribution in [3.8, 4) is 0 Å². The number of carbonyl (C=O) groups excluding carboxylic acids is 3. The highest BCUT2D eigenvalue weighted by molar-refractivity contribution is 5.97. The third kappa shape index (κ3) is 4.77. The van der Waals surface area contributed by atoms with Gasteiger partial charge in [0.05, 0.1) is 5.57 Å². The molecule has 1 fully saturated rings. The lowest BCUT2D eigenvalue weighted by Gasteiger charge is -2.18. The van der Waals surface area contributed by atoms with Gasteiger partial charge in [0, 0.05) is 26.4 Å². The molecule has 0 aromatic carbocycles. The molecule has 2 bridgehead atoms. The van der Waals surface area contributed by atoms with E-state index in [2.05, 4.69) is 6.58 Å². The SMILES string of the molecule is C=C(C)[C@H]1CC=C2C(=O)O[C@H](C/C(C)=C/C(=O)[C@H](OC)CC(=O)C1)[C@H]2O. The maximum Gasteiger partial charge on any atom is 0.336 e. The monoisotopic (exact) mass is 362 g/mol. The number of aliphatic hydroxyl groups excluding tert-OH is 1. The quantitative estimate of drug-likeness (QED) is 0.597. The van der Waals surface area contributed by atoms with Gasteiger partial charge in [-0.3, -0.25) is 9.59 Å². The number of rotatable bonds is 2. The molecule has 0 saturated carbocycles. The summed E-state index contributed by atoms with van der Waals surface area (Å²) >= 11 is 0. The van der Waals surface area contributed by atoms with E-state index in [9.17, 15) is 19.5 Å². The van der Waals surface area contributed by atoms with Gasteiger partial charge in [0.2, 0.25) is 0 Å². The number of allylic oxidation sites excluding steroid dienone is 2. The molecule has 2 rings (SSSR count). The molecule has 0 radical (unpaired) electrons. The summed E-state index contributed by atoms with van der Waals surface area (Å²) in [5.74, 6) is -1.15. The lowest BCUT2D eigenvalue weighted by molar-refractivity contribution is -0.139. The maximum absolute atomic E-state index is 12.4. The molecule has 0 unspecified atom stereocenters. The largest absolute Gasteiger partial charge is 0.455 e. The zero-order valence-corrected chi connectivity index (χ0v) is 15.5. The third-order valence-corrected chi connectivity index (χ3v) is 4.88. The van der Waals surface area contributed by atoms with Crippen LogP contribution in [0, 0.1) is 5.92 Å². The zero-order chi connectivity index (χ0) is 19.4. The summed E-state index contributed by atoms with van der Waals surface area (Å²) < 4.78 is 10.5. The molecule has 1 aliphatic carbocycles. The van der Waals surface area contributed by atoms with E-state index in [-0.39, 0.29) is 42.3 Å². The topological polar surface area (TPSA) is 89.9 Å². The number of Topliss-reactive ketones (excluding diaryl/α,β-unsaturated/α-hetero) is 1. The number of ketones is 2. The van der Waals surface area contributed by atoms with E-state index >= 15 is 0 Å². The lowest BCUT2D eigenvalue weighted by Crippen LogP contribution is -2.27. The zero-order valence-electron chi connectivity index (χ0n) is 15.5. The number of ether oxygens (including phenoxy) is 2. The van der Waals surface area contributed by atoms with E-state index in [1.54, 1.807) is 13.0 Å². The van der Waals surface area contributed by atoms with Gasteiger partial charge < -0.3 is 14.6 Å². The molecule has 1 saturated heterocycles. The normalized spacial score (nSPS) is 33.0. The highest BCUT2D eigenvalue weighted by atomic mass is 16.6. The fourth-order valence-electron chi connectivity index (χ4n) is 3.25.